The van der Waals surface area contributed by atoms with Gasteiger partial charge in [-0.05, 0) is 24.6 Å². The van der Waals surface area contributed by atoms with E-state index in [1.54, 1.807) is 6.92 Å². The minimum Gasteiger partial charge on any atom is -0.398 e. The molecule has 0 heterocycles. The Morgan fingerprint density at radius 1 is 1.20 bits per heavy atom. The second kappa shape index (κ2) is 4.91. The zero-order valence-electron chi connectivity index (χ0n) is 7.81. The number of benzene rings is 1. The van der Waals surface area contributed by atoms with Gasteiger partial charge in [0.05, 0.1) is 5.69 Å². The minimum absolute atomic E-state index is 0.100. The Hall–Kier alpha value is -1.38. The smallest absolute Gasteiger partial charge is 0.394 e. The lowest BCUT2D eigenvalue weighted by atomic mass is 10.2. The van der Waals surface area contributed by atoms with E-state index in [9.17, 15) is 4.39 Å². The molecule has 0 amide bonds. The molecule has 0 unspecified atom stereocenters. The molecule has 0 bridgehead atoms. The second-order valence-electron chi connectivity index (χ2n) is 2.68. The van der Waals surface area contributed by atoms with Gasteiger partial charge in [0.1, 0.15) is 5.82 Å². The van der Waals surface area contributed by atoms with Gasteiger partial charge in [0, 0.05) is 5.69 Å². The van der Waals surface area contributed by atoms with Crippen LogP contribution in [0.15, 0.2) is 12.1 Å². The molecule has 0 spiro atoms. The predicted octanol–water partition coefficient (Wildman–Crippen LogP) is 0.646. The molecular formula is C7H11FN2O4S. The predicted molar refractivity (Wildman–Crippen MR) is 54.1 cm³/mol. The molecule has 0 atom stereocenters. The number of rotatable bonds is 0. The molecule has 0 aromatic heterocycles. The van der Waals surface area contributed by atoms with Crippen LogP contribution in [-0.4, -0.2) is 17.5 Å². The molecule has 15 heavy (non-hydrogen) atoms. The highest BCUT2D eigenvalue weighted by atomic mass is 32.3. The second-order valence-corrected chi connectivity index (χ2v) is 3.57. The van der Waals surface area contributed by atoms with Gasteiger partial charge in [0.15, 0.2) is 0 Å². The summed E-state index contributed by atoms with van der Waals surface area (Å²) in [6, 6.07) is 2.75. The third-order valence-electron chi connectivity index (χ3n) is 1.39. The molecule has 6 N–H and O–H groups in total. The SMILES string of the molecule is Cc1cc(F)c(N)cc1N.O=S(=O)(O)O. The van der Waals surface area contributed by atoms with E-state index in [1.165, 1.54) is 12.1 Å². The number of hydrogen-bond acceptors (Lipinski definition) is 4. The van der Waals surface area contributed by atoms with Crippen molar-refractivity contribution >= 4 is 21.8 Å². The number of hydrogen-bond donors (Lipinski definition) is 4. The molecule has 86 valence electrons. The molecule has 0 aliphatic rings. The molecule has 1 aromatic carbocycles. The number of anilines is 2. The van der Waals surface area contributed by atoms with Crippen molar-refractivity contribution in [2.24, 2.45) is 0 Å². The standard InChI is InChI=1S/C7H9FN2.H2O4S/c1-4-2-5(8)7(10)3-6(4)9;1-5(2,3)4/h2-3H,9-10H2,1H3;(H2,1,2,3,4). The average Bonchev–Trinajstić information content (AvgIpc) is 1.98. The Labute approximate surface area is 86.3 Å². The average molecular weight is 238 g/mol. The largest absolute Gasteiger partial charge is 0.398 e. The van der Waals surface area contributed by atoms with Crippen LogP contribution in [0.3, 0.4) is 0 Å². The van der Waals surface area contributed by atoms with Crippen LogP contribution < -0.4 is 11.5 Å². The molecule has 0 saturated heterocycles. The highest BCUT2D eigenvalue weighted by Crippen LogP contribution is 2.17. The van der Waals surface area contributed by atoms with Gasteiger partial charge in [0.25, 0.3) is 0 Å². The van der Waals surface area contributed by atoms with E-state index in [2.05, 4.69) is 0 Å². The van der Waals surface area contributed by atoms with Crippen molar-refractivity contribution in [2.75, 3.05) is 11.5 Å². The minimum atomic E-state index is -4.67. The summed E-state index contributed by atoms with van der Waals surface area (Å²) in [5.74, 6) is -0.410. The number of nitrogens with two attached hydrogens (primary N) is 2. The maximum absolute atomic E-state index is 12.6. The molecule has 6 nitrogen and oxygen atoms in total. The van der Waals surface area contributed by atoms with Crippen LogP contribution in [0.4, 0.5) is 15.8 Å². The Bertz CT molecular complexity index is 388. The summed E-state index contributed by atoms with van der Waals surface area (Å²) in [5.41, 5.74) is 12.0. The lowest BCUT2D eigenvalue weighted by molar-refractivity contribution is 0.381. The van der Waals surface area contributed by atoms with Crippen LogP contribution in [-0.2, 0) is 10.4 Å². The summed E-state index contributed by atoms with van der Waals surface area (Å²) in [7, 11) is -4.67. The number of nitrogen functional groups attached to an aromatic ring is 2. The summed E-state index contributed by atoms with van der Waals surface area (Å²) in [5, 5.41) is 0. The first-order chi connectivity index (χ1) is 6.61. The van der Waals surface area contributed by atoms with Crippen LogP contribution in [0.25, 0.3) is 0 Å². The zero-order valence-corrected chi connectivity index (χ0v) is 8.62. The summed E-state index contributed by atoms with van der Waals surface area (Å²) in [4.78, 5) is 0. The van der Waals surface area contributed by atoms with Crippen molar-refractivity contribution in [3.63, 3.8) is 0 Å². The van der Waals surface area contributed by atoms with Crippen LogP contribution >= 0.6 is 0 Å². The van der Waals surface area contributed by atoms with E-state index in [1.807, 2.05) is 0 Å². The van der Waals surface area contributed by atoms with Gasteiger partial charge in [-0.2, -0.15) is 8.42 Å². The Morgan fingerprint density at radius 3 is 1.93 bits per heavy atom. The van der Waals surface area contributed by atoms with Gasteiger partial charge < -0.3 is 11.5 Å². The van der Waals surface area contributed by atoms with Gasteiger partial charge in [-0.25, -0.2) is 4.39 Å². The Morgan fingerprint density at radius 2 is 1.60 bits per heavy atom. The topological polar surface area (TPSA) is 127 Å². The first-order valence-corrected chi connectivity index (χ1v) is 5.02. The van der Waals surface area contributed by atoms with Crippen molar-refractivity contribution in [3.8, 4) is 0 Å². The van der Waals surface area contributed by atoms with Gasteiger partial charge in [-0.3, -0.25) is 9.11 Å². The maximum Gasteiger partial charge on any atom is 0.394 e. The van der Waals surface area contributed by atoms with Gasteiger partial charge in [-0.1, -0.05) is 0 Å². The van der Waals surface area contributed by atoms with Gasteiger partial charge in [0.2, 0.25) is 0 Å². The highest BCUT2D eigenvalue weighted by molar-refractivity contribution is 7.79. The first kappa shape index (κ1) is 13.6. The normalized spacial score (nSPS) is 10.4. The molecular weight excluding hydrogens is 227 g/mol. The van der Waals surface area contributed by atoms with E-state index in [0.29, 0.717) is 11.3 Å². The summed E-state index contributed by atoms with van der Waals surface area (Å²) >= 11 is 0. The quantitative estimate of drug-likeness (QED) is 0.388. The van der Waals surface area contributed by atoms with Crippen molar-refractivity contribution < 1.29 is 21.9 Å². The monoisotopic (exact) mass is 238 g/mol. The first-order valence-electron chi connectivity index (χ1n) is 3.62. The lowest BCUT2D eigenvalue weighted by Gasteiger charge is -2.01. The molecule has 1 rings (SSSR count). The lowest BCUT2D eigenvalue weighted by Crippen LogP contribution is -1.96. The summed E-state index contributed by atoms with van der Waals surface area (Å²) in [6.45, 7) is 1.73. The van der Waals surface area contributed by atoms with Gasteiger partial charge in [-0.15, -0.1) is 0 Å². The van der Waals surface area contributed by atoms with E-state index in [0.717, 1.165) is 0 Å². The summed E-state index contributed by atoms with van der Waals surface area (Å²) < 4.78 is 44.2. The highest BCUT2D eigenvalue weighted by Gasteiger charge is 1.99. The van der Waals surface area contributed by atoms with Gasteiger partial charge >= 0.3 is 10.4 Å². The molecule has 0 aliphatic carbocycles. The molecule has 0 fully saturated rings. The molecule has 0 radical (unpaired) electrons. The van der Waals surface area contributed by atoms with E-state index < -0.39 is 16.2 Å². The fourth-order valence-electron chi connectivity index (χ4n) is 0.707. The summed E-state index contributed by atoms with van der Waals surface area (Å²) in [6.07, 6.45) is 0. The van der Waals surface area contributed by atoms with Crippen molar-refractivity contribution in [2.45, 2.75) is 6.92 Å². The Kier molecular flexibility index (Phi) is 4.46. The maximum atomic E-state index is 12.6. The van der Waals surface area contributed by atoms with Crippen molar-refractivity contribution in [3.05, 3.63) is 23.5 Å². The van der Waals surface area contributed by atoms with E-state index in [4.69, 9.17) is 29.0 Å². The van der Waals surface area contributed by atoms with E-state index in [-0.39, 0.29) is 5.69 Å². The molecule has 8 heteroatoms. The fourth-order valence-corrected chi connectivity index (χ4v) is 0.707. The van der Waals surface area contributed by atoms with Crippen molar-refractivity contribution in [1.29, 1.82) is 0 Å². The number of aryl methyl sites for hydroxylation is 1. The van der Waals surface area contributed by atoms with Crippen LogP contribution in [0, 0.1) is 12.7 Å². The molecule has 0 saturated carbocycles. The third-order valence-corrected chi connectivity index (χ3v) is 1.39. The van der Waals surface area contributed by atoms with Crippen LogP contribution in [0.2, 0.25) is 0 Å². The molecule has 1 aromatic rings. The molecule has 0 aliphatic heterocycles. The zero-order chi connectivity index (χ0) is 12.2. The van der Waals surface area contributed by atoms with Crippen molar-refractivity contribution in [1.82, 2.24) is 0 Å². The Balaban J connectivity index is 0.000000336. The van der Waals surface area contributed by atoms with E-state index >= 15 is 0 Å². The fraction of sp³-hybridized carbons (Fsp3) is 0.143. The van der Waals surface area contributed by atoms with Crippen LogP contribution in [0.5, 0.6) is 0 Å². The van der Waals surface area contributed by atoms with Crippen LogP contribution in [0.1, 0.15) is 5.56 Å². The third kappa shape index (κ3) is 6.66. The number of halogens is 1.